The molecule has 0 saturated heterocycles. The van der Waals surface area contributed by atoms with E-state index in [-0.39, 0.29) is 5.91 Å². The molecule has 2 fully saturated rings. The van der Waals surface area contributed by atoms with Crippen LogP contribution in [0.3, 0.4) is 0 Å². The lowest BCUT2D eigenvalue weighted by molar-refractivity contribution is -0.122. The topological polar surface area (TPSA) is 46.9 Å². The van der Waals surface area contributed by atoms with E-state index in [1.807, 2.05) is 0 Å². The SMILES string of the molecule is O=C(CC1CC2CCC1C2)NCc1cc2n(n1)CCC2. The number of carbonyl (C=O) groups excluding carboxylic acids is 1. The molecule has 2 saturated carbocycles. The summed E-state index contributed by atoms with van der Waals surface area (Å²) in [7, 11) is 0. The van der Waals surface area contributed by atoms with Crippen molar-refractivity contribution in [3.8, 4) is 0 Å². The molecule has 3 aliphatic rings. The van der Waals surface area contributed by atoms with E-state index in [2.05, 4.69) is 21.2 Å². The zero-order valence-electron chi connectivity index (χ0n) is 12.0. The monoisotopic (exact) mass is 273 g/mol. The van der Waals surface area contributed by atoms with E-state index in [0.717, 1.165) is 36.9 Å². The molecule has 1 N–H and O–H groups in total. The number of hydrogen-bond donors (Lipinski definition) is 1. The molecule has 0 aromatic carbocycles. The van der Waals surface area contributed by atoms with E-state index in [1.165, 1.54) is 37.8 Å². The summed E-state index contributed by atoms with van der Waals surface area (Å²) >= 11 is 0. The maximum Gasteiger partial charge on any atom is 0.220 e. The molecule has 1 aliphatic heterocycles. The van der Waals surface area contributed by atoms with Gasteiger partial charge in [0.1, 0.15) is 0 Å². The number of nitrogens with zero attached hydrogens (tertiary/aromatic N) is 2. The number of aromatic nitrogens is 2. The standard InChI is InChI=1S/C16H23N3O/c20-16(8-13-7-11-3-4-12(13)6-11)17-10-14-9-15-2-1-5-19(15)18-14/h9,11-13H,1-8,10H2,(H,17,20). The number of fused-ring (bicyclic) bond motifs is 3. The van der Waals surface area contributed by atoms with E-state index in [4.69, 9.17) is 0 Å². The van der Waals surface area contributed by atoms with Crippen LogP contribution in [0.5, 0.6) is 0 Å². The van der Waals surface area contributed by atoms with Crippen LogP contribution in [-0.2, 0) is 24.3 Å². The Bertz CT molecular complexity index is 500. The maximum absolute atomic E-state index is 12.1. The van der Waals surface area contributed by atoms with Gasteiger partial charge in [-0.15, -0.1) is 0 Å². The predicted octanol–water partition coefficient (Wildman–Crippen LogP) is 2.27. The number of rotatable bonds is 4. The van der Waals surface area contributed by atoms with Crippen molar-refractivity contribution in [1.29, 1.82) is 0 Å². The number of hydrogen-bond acceptors (Lipinski definition) is 2. The normalized spacial score (nSPS) is 30.7. The zero-order chi connectivity index (χ0) is 13.5. The summed E-state index contributed by atoms with van der Waals surface area (Å²) in [5.41, 5.74) is 2.34. The van der Waals surface area contributed by atoms with Gasteiger partial charge in [-0.05, 0) is 55.9 Å². The number of amides is 1. The summed E-state index contributed by atoms with van der Waals surface area (Å²) in [6, 6.07) is 2.14. The summed E-state index contributed by atoms with van der Waals surface area (Å²) in [5.74, 6) is 2.63. The molecule has 4 heteroatoms. The van der Waals surface area contributed by atoms with Gasteiger partial charge in [-0.1, -0.05) is 6.42 Å². The van der Waals surface area contributed by atoms with Crippen molar-refractivity contribution >= 4 is 5.91 Å². The third-order valence-electron chi connectivity index (χ3n) is 5.52. The van der Waals surface area contributed by atoms with E-state index in [9.17, 15) is 4.79 Å². The highest BCUT2D eigenvalue weighted by Gasteiger charge is 2.40. The molecular formula is C16H23N3O. The highest BCUT2D eigenvalue weighted by atomic mass is 16.1. The first-order valence-electron chi connectivity index (χ1n) is 8.10. The molecule has 2 heterocycles. The van der Waals surface area contributed by atoms with Gasteiger partial charge in [0.2, 0.25) is 5.91 Å². The molecular weight excluding hydrogens is 250 g/mol. The van der Waals surface area contributed by atoms with Gasteiger partial charge in [0.25, 0.3) is 0 Å². The molecule has 20 heavy (non-hydrogen) atoms. The molecule has 0 radical (unpaired) electrons. The van der Waals surface area contributed by atoms with Crippen LogP contribution >= 0.6 is 0 Å². The fraction of sp³-hybridized carbons (Fsp3) is 0.750. The summed E-state index contributed by atoms with van der Waals surface area (Å²) in [5, 5.41) is 7.59. The second-order valence-corrected chi connectivity index (χ2v) is 6.87. The molecule has 2 aliphatic carbocycles. The van der Waals surface area contributed by atoms with Crippen LogP contribution in [-0.4, -0.2) is 15.7 Å². The minimum absolute atomic E-state index is 0.218. The van der Waals surface area contributed by atoms with Crippen LogP contribution in [0.1, 0.15) is 49.9 Å². The number of nitrogens with one attached hydrogen (secondary N) is 1. The Morgan fingerprint density at radius 2 is 2.35 bits per heavy atom. The summed E-state index contributed by atoms with van der Waals surface area (Å²) in [6.07, 6.45) is 8.50. The number of carbonyl (C=O) groups is 1. The minimum Gasteiger partial charge on any atom is -0.350 e. The second kappa shape index (κ2) is 4.90. The van der Waals surface area contributed by atoms with Gasteiger partial charge in [-0.2, -0.15) is 5.10 Å². The van der Waals surface area contributed by atoms with Crippen molar-refractivity contribution in [2.45, 2.75) is 58.0 Å². The van der Waals surface area contributed by atoms with E-state index in [0.29, 0.717) is 12.5 Å². The van der Waals surface area contributed by atoms with Gasteiger partial charge >= 0.3 is 0 Å². The molecule has 3 unspecified atom stereocenters. The van der Waals surface area contributed by atoms with Crippen LogP contribution in [0.4, 0.5) is 0 Å². The highest BCUT2D eigenvalue weighted by Crippen LogP contribution is 2.49. The lowest BCUT2D eigenvalue weighted by Crippen LogP contribution is -2.27. The first-order valence-corrected chi connectivity index (χ1v) is 8.10. The molecule has 0 spiro atoms. The van der Waals surface area contributed by atoms with Crippen molar-refractivity contribution < 1.29 is 4.79 Å². The Morgan fingerprint density at radius 3 is 3.10 bits per heavy atom. The molecule has 108 valence electrons. The molecule has 4 nitrogen and oxygen atoms in total. The molecule has 1 aromatic heterocycles. The minimum atomic E-state index is 0.218. The first kappa shape index (κ1) is 12.4. The second-order valence-electron chi connectivity index (χ2n) is 6.87. The Morgan fingerprint density at radius 1 is 1.40 bits per heavy atom. The Balaban J connectivity index is 1.27. The van der Waals surface area contributed by atoms with E-state index < -0.39 is 0 Å². The third kappa shape index (κ3) is 2.25. The van der Waals surface area contributed by atoms with Crippen molar-refractivity contribution in [2.24, 2.45) is 17.8 Å². The van der Waals surface area contributed by atoms with Crippen molar-refractivity contribution in [2.75, 3.05) is 0 Å². The molecule has 3 atom stereocenters. The van der Waals surface area contributed by atoms with Gasteiger partial charge in [-0.3, -0.25) is 9.48 Å². The van der Waals surface area contributed by atoms with E-state index in [1.54, 1.807) is 0 Å². The average Bonchev–Trinajstić information content (AvgIpc) is 3.15. The lowest BCUT2D eigenvalue weighted by Gasteiger charge is -2.20. The van der Waals surface area contributed by atoms with E-state index >= 15 is 0 Å². The average molecular weight is 273 g/mol. The van der Waals surface area contributed by atoms with Gasteiger partial charge in [0.15, 0.2) is 0 Å². The van der Waals surface area contributed by atoms with Crippen molar-refractivity contribution in [3.63, 3.8) is 0 Å². The molecule has 1 amide bonds. The smallest absolute Gasteiger partial charge is 0.220 e. The van der Waals surface area contributed by atoms with Crippen molar-refractivity contribution in [1.82, 2.24) is 15.1 Å². The molecule has 2 bridgehead atoms. The maximum atomic E-state index is 12.1. The molecule has 1 aromatic rings. The molecule has 4 rings (SSSR count). The van der Waals surface area contributed by atoms with Gasteiger partial charge in [-0.25, -0.2) is 0 Å². The van der Waals surface area contributed by atoms with Gasteiger partial charge < -0.3 is 5.32 Å². The quantitative estimate of drug-likeness (QED) is 0.914. The fourth-order valence-corrected chi connectivity index (χ4v) is 4.53. The van der Waals surface area contributed by atoms with Crippen LogP contribution in [0.2, 0.25) is 0 Å². The predicted molar refractivity (Wildman–Crippen MR) is 75.9 cm³/mol. The highest BCUT2D eigenvalue weighted by molar-refractivity contribution is 5.76. The van der Waals surface area contributed by atoms with Crippen LogP contribution in [0, 0.1) is 17.8 Å². The largest absolute Gasteiger partial charge is 0.350 e. The van der Waals surface area contributed by atoms with Gasteiger partial charge in [0, 0.05) is 18.7 Å². The first-order chi connectivity index (χ1) is 9.78. The summed E-state index contributed by atoms with van der Waals surface area (Å²) in [4.78, 5) is 12.1. The van der Waals surface area contributed by atoms with Crippen LogP contribution in [0.25, 0.3) is 0 Å². The zero-order valence-corrected chi connectivity index (χ0v) is 12.0. The lowest BCUT2D eigenvalue weighted by atomic mass is 9.86. The Hall–Kier alpha value is -1.32. The Kier molecular flexibility index (Phi) is 3.04. The summed E-state index contributed by atoms with van der Waals surface area (Å²) < 4.78 is 2.08. The number of aryl methyl sites for hydroxylation is 2. The van der Waals surface area contributed by atoms with Crippen LogP contribution < -0.4 is 5.32 Å². The fourth-order valence-electron chi connectivity index (χ4n) is 4.53. The van der Waals surface area contributed by atoms with Gasteiger partial charge in [0.05, 0.1) is 12.2 Å². The third-order valence-corrected chi connectivity index (χ3v) is 5.52. The summed E-state index contributed by atoms with van der Waals surface area (Å²) in [6.45, 7) is 1.63. The Labute approximate surface area is 119 Å². The van der Waals surface area contributed by atoms with Crippen LogP contribution in [0.15, 0.2) is 6.07 Å². The van der Waals surface area contributed by atoms with Crippen molar-refractivity contribution in [3.05, 3.63) is 17.5 Å².